The topological polar surface area (TPSA) is 52.7 Å². The van der Waals surface area contributed by atoms with Crippen LogP contribution in [0.3, 0.4) is 0 Å². The summed E-state index contributed by atoms with van der Waals surface area (Å²) in [6.07, 6.45) is 4.65. The summed E-state index contributed by atoms with van der Waals surface area (Å²) >= 11 is 0. The van der Waals surface area contributed by atoms with Crippen molar-refractivity contribution < 1.29 is 9.63 Å². The fraction of sp³-hybridized carbons (Fsp3) is 0.500. The molecule has 0 saturated carbocycles. The molecule has 0 radical (unpaired) electrons. The van der Waals surface area contributed by atoms with Crippen LogP contribution in [0.4, 0.5) is 5.69 Å². The van der Waals surface area contributed by atoms with Crippen LogP contribution in [0.2, 0.25) is 0 Å². The monoisotopic (exact) mass is 313 g/mol. The predicted molar refractivity (Wildman–Crippen MR) is 88.7 cm³/mol. The minimum atomic E-state index is 0.333. The third kappa shape index (κ3) is 3.06. The van der Waals surface area contributed by atoms with Gasteiger partial charge >= 0.3 is 0 Å². The van der Waals surface area contributed by atoms with Gasteiger partial charge in [0, 0.05) is 56.5 Å². The summed E-state index contributed by atoms with van der Waals surface area (Å²) < 4.78 is 5.52. The molecule has 1 aliphatic heterocycles. The summed E-state index contributed by atoms with van der Waals surface area (Å²) in [6.45, 7) is 4.87. The van der Waals surface area contributed by atoms with Crippen LogP contribution in [0.1, 0.15) is 29.9 Å². The summed E-state index contributed by atoms with van der Waals surface area (Å²) in [5.41, 5.74) is 3.61. The minimum absolute atomic E-state index is 0.333. The minimum Gasteiger partial charge on any atom is -0.508 e. The van der Waals surface area contributed by atoms with E-state index in [9.17, 15) is 5.11 Å². The number of fused-ring (bicyclic) bond motifs is 1. The molecule has 2 aromatic rings. The van der Waals surface area contributed by atoms with Crippen LogP contribution in [0, 0.1) is 0 Å². The van der Waals surface area contributed by atoms with Gasteiger partial charge in [0.15, 0.2) is 0 Å². The van der Waals surface area contributed by atoms with Crippen LogP contribution < -0.4 is 4.90 Å². The van der Waals surface area contributed by atoms with E-state index in [0.29, 0.717) is 5.75 Å². The Labute approximate surface area is 136 Å². The van der Waals surface area contributed by atoms with Crippen molar-refractivity contribution in [3.8, 4) is 5.75 Å². The number of hydrogen-bond donors (Lipinski definition) is 1. The molecule has 0 atom stereocenters. The molecule has 122 valence electrons. The number of hydrogen-bond acceptors (Lipinski definition) is 5. The number of aryl methyl sites for hydroxylation is 1. The second kappa shape index (κ2) is 6.24. The highest BCUT2D eigenvalue weighted by atomic mass is 16.5. The molecular formula is C18H23N3O2. The molecule has 0 bridgehead atoms. The fourth-order valence-electron chi connectivity index (χ4n) is 3.64. The molecule has 5 nitrogen and oxygen atoms in total. The lowest BCUT2D eigenvalue weighted by Crippen LogP contribution is -2.46. The zero-order valence-electron chi connectivity index (χ0n) is 13.4. The van der Waals surface area contributed by atoms with E-state index in [2.05, 4.69) is 21.0 Å². The molecule has 2 heterocycles. The standard InChI is InChI=1S/C18H23N3O2/c22-15-5-3-4-14(12-15)21-10-8-20(9-11-21)13-17-16-6-1-2-7-18(16)23-19-17/h3-5,12,22H,1-2,6-11,13H2. The highest BCUT2D eigenvalue weighted by Gasteiger charge is 2.23. The number of nitrogens with zero attached hydrogens (tertiary/aromatic N) is 3. The van der Waals surface area contributed by atoms with Crippen LogP contribution >= 0.6 is 0 Å². The molecule has 23 heavy (non-hydrogen) atoms. The van der Waals surface area contributed by atoms with Gasteiger partial charge < -0.3 is 14.5 Å². The zero-order valence-corrected chi connectivity index (χ0v) is 13.4. The van der Waals surface area contributed by atoms with Gasteiger partial charge in [-0.2, -0.15) is 0 Å². The van der Waals surface area contributed by atoms with Crippen LogP contribution in [-0.2, 0) is 19.4 Å². The van der Waals surface area contributed by atoms with E-state index in [0.717, 1.165) is 62.7 Å². The van der Waals surface area contributed by atoms with Crippen molar-refractivity contribution in [2.45, 2.75) is 32.2 Å². The van der Waals surface area contributed by atoms with Gasteiger partial charge in [0.1, 0.15) is 17.2 Å². The molecule has 0 unspecified atom stereocenters. The summed E-state index contributed by atoms with van der Waals surface area (Å²) in [5.74, 6) is 1.45. The average Bonchev–Trinajstić information content (AvgIpc) is 2.99. The lowest BCUT2D eigenvalue weighted by Gasteiger charge is -2.35. The first kappa shape index (κ1) is 14.6. The molecule has 1 aromatic carbocycles. The molecule has 4 rings (SSSR count). The first-order chi connectivity index (χ1) is 11.3. The third-order valence-electron chi connectivity index (χ3n) is 4.97. The first-order valence-corrected chi connectivity index (χ1v) is 8.52. The van der Waals surface area contributed by atoms with Crippen LogP contribution in [-0.4, -0.2) is 41.3 Å². The number of aromatic hydroxyl groups is 1. The Kier molecular flexibility index (Phi) is 3.95. The molecule has 1 saturated heterocycles. The normalized spacial score (nSPS) is 18.9. The maximum Gasteiger partial charge on any atom is 0.140 e. The fourth-order valence-corrected chi connectivity index (χ4v) is 3.64. The summed E-state index contributed by atoms with van der Waals surface area (Å²) in [4.78, 5) is 4.78. The quantitative estimate of drug-likeness (QED) is 0.944. The Balaban J connectivity index is 1.37. The van der Waals surface area contributed by atoms with Crippen molar-refractivity contribution in [3.63, 3.8) is 0 Å². The van der Waals surface area contributed by atoms with Gasteiger partial charge in [-0.05, 0) is 31.4 Å². The van der Waals surface area contributed by atoms with Gasteiger partial charge in [-0.15, -0.1) is 0 Å². The molecular weight excluding hydrogens is 290 g/mol. The highest BCUT2D eigenvalue weighted by Crippen LogP contribution is 2.26. The Morgan fingerprint density at radius 1 is 1.09 bits per heavy atom. The Morgan fingerprint density at radius 2 is 1.91 bits per heavy atom. The molecule has 1 N–H and O–H groups in total. The largest absolute Gasteiger partial charge is 0.508 e. The summed E-state index contributed by atoms with van der Waals surface area (Å²) in [7, 11) is 0. The van der Waals surface area contributed by atoms with Gasteiger partial charge in [-0.3, -0.25) is 4.90 Å². The second-order valence-corrected chi connectivity index (χ2v) is 6.52. The van der Waals surface area contributed by atoms with E-state index in [1.807, 2.05) is 12.1 Å². The van der Waals surface area contributed by atoms with Gasteiger partial charge in [0.05, 0.1) is 0 Å². The summed E-state index contributed by atoms with van der Waals surface area (Å²) in [5, 5.41) is 13.9. The number of aromatic nitrogens is 1. The van der Waals surface area contributed by atoms with Crippen LogP contribution in [0.25, 0.3) is 0 Å². The van der Waals surface area contributed by atoms with E-state index in [1.165, 1.54) is 18.4 Å². The second-order valence-electron chi connectivity index (χ2n) is 6.52. The Hall–Kier alpha value is -2.01. The van der Waals surface area contributed by atoms with E-state index in [1.54, 1.807) is 6.07 Å². The van der Waals surface area contributed by atoms with Crippen molar-refractivity contribution in [1.29, 1.82) is 0 Å². The average molecular weight is 313 g/mol. The van der Waals surface area contributed by atoms with Crippen molar-refractivity contribution in [1.82, 2.24) is 10.1 Å². The maximum atomic E-state index is 9.62. The van der Waals surface area contributed by atoms with Crippen LogP contribution in [0.5, 0.6) is 5.75 Å². The smallest absolute Gasteiger partial charge is 0.140 e. The number of phenolic OH excluding ortho intramolecular Hbond substituents is 1. The van der Waals surface area contributed by atoms with Gasteiger partial charge in [-0.25, -0.2) is 0 Å². The lowest BCUT2D eigenvalue weighted by atomic mass is 9.96. The molecule has 1 fully saturated rings. The first-order valence-electron chi connectivity index (χ1n) is 8.52. The van der Waals surface area contributed by atoms with E-state index in [-0.39, 0.29) is 0 Å². The maximum absolute atomic E-state index is 9.62. The number of piperazine rings is 1. The van der Waals surface area contributed by atoms with Crippen molar-refractivity contribution in [2.75, 3.05) is 31.1 Å². The molecule has 2 aliphatic rings. The highest BCUT2D eigenvalue weighted by molar-refractivity contribution is 5.50. The van der Waals surface area contributed by atoms with E-state index in [4.69, 9.17) is 4.52 Å². The molecule has 1 aliphatic carbocycles. The summed E-state index contributed by atoms with van der Waals surface area (Å²) in [6, 6.07) is 7.51. The van der Waals surface area contributed by atoms with Crippen molar-refractivity contribution in [2.24, 2.45) is 0 Å². The van der Waals surface area contributed by atoms with Crippen molar-refractivity contribution >= 4 is 5.69 Å². The molecule has 0 amide bonds. The van der Waals surface area contributed by atoms with E-state index < -0.39 is 0 Å². The number of rotatable bonds is 3. The Bertz CT molecular complexity index is 675. The van der Waals surface area contributed by atoms with Gasteiger partial charge in [0.25, 0.3) is 0 Å². The number of anilines is 1. The van der Waals surface area contributed by atoms with Crippen LogP contribution in [0.15, 0.2) is 28.8 Å². The molecule has 5 heteroatoms. The van der Waals surface area contributed by atoms with E-state index >= 15 is 0 Å². The zero-order chi connectivity index (χ0) is 15.6. The Morgan fingerprint density at radius 3 is 2.74 bits per heavy atom. The van der Waals surface area contributed by atoms with Crippen molar-refractivity contribution in [3.05, 3.63) is 41.3 Å². The number of phenols is 1. The number of benzene rings is 1. The third-order valence-corrected chi connectivity index (χ3v) is 4.97. The van der Waals surface area contributed by atoms with Gasteiger partial charge in [0.2, 0.25) is 0 Å². The predicted octanol–water partition coefficient (Wildman–Crippen LogP) is 2.58. The van der Waals surface area contributed by atoms with Gasteiger partial charge in [-0.1, -0.05) is 11.2 Å². The lowest BCUT2D eigenvalue weighted by molar-refractivity contribution is 0.241. The SMILES string of the molecule is Oc1cccc(N2CCN(Cc3noc4c3CCCC4)CC2)c1. The molecule has 1 aromatic heterocycles. The molecule has 0 spiro atoms.